The fourth-order valence-corrected chi connectivity index (χ4v) is 2.68. The Morgan fingerprint density at radius 2 is 1.93 bits per heavy atom. The number of hydrogen-bond acceptors (Lipinski definition) is 5. The third-order valence-corrected chi connectivity index (χ3v) is 4.15. The molecule has 0 bridgehead atoms. The number of rotatable bonds is 8. The van der Waals surface area contributed by atoms with E-state index in [1.54, 1.807) is 48.8 Å². The average Bonchev–Trinajstić information content (AvgIpc) is 2.77. The number of benzene rings is 2. The van der Waals surface area contributed by atoms with Crippen molar-refractivity contribution in [1.29, 1.82) is 0 Å². The summed E-state index contributed by atoms with van der Waals surface area (Å²) in [7, 11) is 1.54. The Hall–Kier alpha value is -4.13. The quantitative estimate of drug-likeness (QED) is 0.551. The van der Waals surface area contributed by atoms with E-state index in [1.807, 2.05) is 12.1 Å². The van der Waals surface area contributed by atoms with E-state index < -0.39 is 11.9 Å². The van der Waals surface area contributed by atoms with Crippen LogP contribution < -0.4 is 14.8 Å². The second kappa shape index (κ2) is 9.88. The average molecular weight is 404 g/mol. The molecule has 2 aromatic carbocycles. The van der Waals surface area contributed by atoms with Crippen molar-refractivity contribution >= 4 is 23.6 Å². The predicted octanol–water partition coefficient (Wildman–Crippen LogP) is 4.02. The summed E-state index contributed by atoms with van der Waals surface area (Å²) in [6, 6.07) is 15.3. The van der Waals surface area contributed by atoms with Crippen LogP contribution in [-0.4, -0.2) is 29.1 Å². The lowest BCUT2D eigenvalue weighted by Gasteiger charge is -2.11. The maximum absolute atomic E-state index is 12.2. The summed E-state index contributed by atoms with van der Waals surface area (Å²) in [5.74, 6) is -0.461. The van der Waals surface area contributed by atoms with Crippen molar-refractivity contribution in [3.8, 4) is 11.5 Å². The molecule has 7 nitrogen and oxygen atoms in total. The van der Waals surface area contributed by atoms with Gasteiger partial charge in [0.2, 0.25) is 5.91 Å². The molecule has 1 aromatic heterocycles. The second-order valence-electron chi connectivity index (χ2n) is 6.23. The Balaban J connectivity index is 1.67. The van der Waals surface area contributed by atoms with Crippen molar-refractivity contribution in [3.05, 3.63) is 89.8 Å². The highest BCUT2D eigenvalue weighted by molar-refractivity contribution is 6.06. The molecule has 0 spiro atoms. The molecular weight excluding hydrogens is 384 g/mol. The van der Waals surface area contributed by atoms with Gasteiger partial charge in [0.15, 0.2) is 11.5 Å². The number of para-hydroxylation sites is 1. The minimum absolute atomic E-state index is 0.0241. The van der Waals surface area contributed by atoms with E-state index >= 15 is 0 Å². The Bertz CT molecular complexity index is 1060. The normalized spacial score (nSPS) is 10.6. The zero-order valence-electron chi connectivity index (χ0n) is 16.2. The Morgan fingerprint density at radius 3 is 2.67 bits per heavy atom. The van der Waals surface area contributed by atoms with Crippen LogP contribution in [-0.2, 0) is 11.4 Å². The molecule has 2 N–H and O–H groups in total. The molecule has 1 heterocycles. The number of methoxy groups -OCH3 is 1. The van der Waals surface area contributed by atoms with E-state index in [9.17, 15) is 14.7 Å². The van der Waals surface area contributed by atoms with Crippen LogP contribution in [0.25, 0.3) is 6.08 Å². The number of hydrogen-bond donors (Lipinski definition) is 2. The first-order valence-electron chi connectivity index (χ1n) is 9.08. The van der Waals surface area contributed by atoms with Gasteiger partial charge in [0.05, 0.1) is 18.4 Å². The van der Waals surface area contributed by atoms with E-state index in [-0.39, 0.29) is 11.3 Å². The van der Waals surface area contributed by atoms with Crippen molar-refractivity contribution in [2.75, 3.05) is 12.4 Å². The molecule has 0 saturated heterocycles. The third kappa shape index (κ3) is 5.45. The van der Waals surface area contributed by atoms with Crippen LogP contribution in [0.1, 0.15) is 21.5 Å². The van der Waals surface area contributed by atoms with Crippen LogP contribution in [0.2, 0.25) is 0 Å². The smallest absolute Gasteiger partial charge is 0.337 e. The van der Waals surface area contributed by atoms with Crippen molar-refractivity contribution in [3.63, 3.8) is 0 Å². The number of anilines is 1. The van der Waals surface area contributed by atoms with E-state index in [0.717, 1.165) is 11.1 Å². The Morgan fingerprint density at radius 1 is 1.10 bits per heavy atom. The minimum Gasteiger partial charge on any atom is -0.493 e. The second-order valence-corrected chi connectivity index (χ2v) is 6.23. The summed E-state index contributed by atoms with van der Waals surface area (Å²) in [5, 5.41) is 11.8. The zero-order valence-corrected chi connectivity index (χ0v) is 16.2. The molecule has 3 aromatic rings. The topological polar surface area (TPSA) is 97.8 Å². The number of carbonyl (C=O) groups is 2. The number of pyridine rings is 1. The molecule has 0 fully saturated rings. The minimum atomic E-state index is -1.11. The monoisotopic (exact) mass is 404 g/mol. The molecule has 7 heteroatoms. The van der Waals surface area contributed by atoms with Gasteiger partial charge in [-0.3, -0.25) is 9.78 Å². The number of amides is 1. The number of carbonyl (C=O) groups excluding carboxylic acids is 1. The van der Waals surface area contributed by atoms with Crippen LogP contribution in [0.15, 0.2) is 73.1 Å². The molecule has 0 aliphatic rings. The fourth-order valence-electron chi connectivity index (χ4n) is 2.68. The van der Waals surface area contributed by atoms with Crippen molar-refractivity contribution in [1.82, 2.24) is 4.98 Å². The lowest BCUT2D eigenvalue weighted by molar-refractivity contribution is -0.111. The van der Waals surface area contributed by atoms with Gasteiger partial charge >= 0.3 is 5.97 Å². The maximum Gasteiger partial charge on any atom is 0.337 e. The molecule has 0 radical (unpaired) electrons. The molecule has 0 unspecified atom stereocenters. The molecule has 0 saturated carbocycles. The first-order valence-corrected chi connectivity index (χ1v) is 9.08. The molecule has 0 atom stereocenters. The van der Waals surface area contributed by atoms with E-state index in [1.165, 1.54) is 25.3 Å². The maximum atomic E-state index is 12.2. The van der Waals surface area contributed by atoms with Crippen molar-refractivity contribution in [2.24, 2.45) is 0 Å². The largest absolute Gasteiger partial charge is 0.493 e. The number of carboxylic acid groups (broad SMARTS) is 1. The Kier molecular flexibility index (Phi) is 6.78. The number of ether oxygens (including phenoxy) is 2. The number of nitrogens with one attached hydrogen (secondary N) is 1. The summed E-state index contributed by atoms with van der Waals surface area (Å²) < 4.78 is 11.2. The molecule has 30 heavy (non-hydrogen) atoms. The Labute approximate surface area is 173 Å². The van der Waals surface area contributed by atoms with E-state index in [4.69, 9.17) is 9.47 Å². The van der Waals surface area contributed by atoms with E-state index in [2.05, 4.69) is 10.3 Å². The lowest BCUT2D eigenvalue weighted by atomic mass is 10.1. The van der Waals surface area contributed by atoms with Crippen LogP contribution in [0.3, 0.4) is 0 Å². The third-order valence-electron chi connectivity index (χ3n) is 4.15. The van der Waals surface area contributed by atoms with Gasteiger partial charge in [-0.05, 0) is 42.0 Å². The SMILES string of the molecule is COc1cc(/C=C/C(=O)Nc2ccccc2C(=O)O)ccc1OCc1cccnc1. The summed E-state index contributed by atoms with van der Waals surface area (Å²) in [4.78, 5) is 27.5. The van der Waals surface area contributed by atoms with Gasteiger partial charge in [0.25, 0.3) is 0 Å². The summed E-state index contributed by atoms with van der Waals surface area (Å²) >= 11 is 0. The predicted molar refractivity (Wildman–Crippen MR) is 113 cm³/mol. The van der Waals surface area contributed by atoms with Crippen LogP contribution >= 0.6 is 0 Å². The number of carboxylic acids is 1. The summed E-state index contributed by atoms with van der Waals surface area (Å²) in [5.41, 5.74) is 1.91. The summed E-state index contributed by atoms with van der Waals surface area (Å²) in [6.07, 6.45) is 6.35. The van der Waals surface area contributed by atoms with Gasteiger partial charge in [0.1, 0.15) is 6.61 Å². The summed E-state index contributed by atoms with van der Waals surface area (Å²) in [6.45, 7) is 0.352. The molecule has 3 rings (SSSR count). The fraction of sp³-hybridized carbons (Fsp3) is 0.0870. The number of aromatic carboxylic acids is 1. The van der Waals surface area contributed by atoms with Gasteiger partial charge in [-0.2, -0.15) is 0 Å². The van der Waals surface area contributed by atoms with Gasteiger partial charge in [0, 0.05) is 24.0 Å². The standard InChI is InChI=1S/C23H20N2O5/c1-29-21-13-16(8-10-20(21)30-15-17-5-4-12-24-14-17)9-11-22(26)25-19-7-3-2-6-18(19)23(27)28/h2-14H,15H2,1H3,(H,25,26)(H,27,28)/b11-9+. The molecule has 0 aliphatic carbocycles. The van der Waals surface area contributed by atoms with Crippen LogP contribution in [0.4, 0.5) is 5.69 Å². The van der Waals surface area contributed by atoms with Crippen molar-refractivity contribution < 1.29 is 24.2 Å². The highest BCUT2D eigenvalue weighted by Gasteiger charge is 2.10. The molecular formula is C23H20N2O5. The highest BCUT2D eigenvalue weighted by atomic mass is 16.5. The highest BCUT2D eigenvalue weighted by Crippen LogP contribution is 2.29. The zero-order chi connectivity index (χ0) is 21.3. The van der Waals surface area contributed by atoms with Gasteiger partial charge in [-0.1, -0.05) is 24.3 Å². The van der Waals surface area contributed by atoms with Crippen LogP contribution in [0.5, 0.6) is 11.5 Å². The van der Waals surface area contributed by atoms with Crippen molar-refractivity contribution in [2.45, 2.75) is 6.61 Å². The molecule has 0 aliphatic heterocycles. The van der Waals surface area contributed by atoms with Gasteiger partial charge in [-0.15, -0.1) is 0 Å². The first kappa shape index (κ1) is 20.6. The number of nitrogens with zero attached hydrogens (tertiary/aromatic N) is 1. The first-order chi connectivity index (χ1) is 14.6. The van der Waals surface area contributed by atoms with Gasteiger partial charge in [-0.25, -0.2) is 4.79 Å². The van der Waals surface area contributed by atoms with Crippen LogP contribution in [0, 0.1) is 0 Å². The molecule has 152 valence electrons. The van der Waals surface area contributed by atoms with Gasteiger partial charge < -0.3 is 19.9 Å². The number of aromatic nitrogens is 1. The van der Waals surface area contributed by atoms with E-state index in [0.29, 0.717) is 18.1 Å². The molecule has 1 amide bonds. The lowest BCUT2D eigenvalue weighted by Crippen LogP contribution is -2.11.